The largest absolute Gasteiger partial charge is 0.346 e. The van der Waals surface area contributed by atoms with Gasteiger partial charge in [-0.25, -0.2) is 4.98 Å². The second-order valence-corrected chi connectivity index (χ2v) is 10.7. The molecule has 1 atom stereocenters. The highest BCUT2D eigenvalue weighted by atomic mass is 16.2. The monoisotopic (exact) mass is 577 g/mol. The van der Waals surface area contributed by atoms with Crippen LogP contribution in [0.4, 0.5) is 11.5 Å². The fraction of sp³-hybridized carbons (Fsp3) is 0.219. The van der Waals surface area contributed by atoms with Crippen molar-refractivity contribution in [1.82, 2.24) is 15.2 Å². The van der Waals surface area contributed by atoms with E-state index in [0.29, 0.717) is 22.6 Å². The van der Waals surface area contributed by atoms with Gasteiger partial charge in [0, 0.05) is 55.0 Å². The highest BCUT2D eigenvalue weighted by molar-refractivity contribution is 6.22. The summed E-state index contributed by atoms with van der Waals surface area (Å²) < 4.78 is 0. The topological polar surface area (TPSA) is 155 Å². The van der Waals surface area contributed by atoms with Crippen molar-refractivity contribution in [2.75, 3.05) is 10.6 Å². The van der Waals surface area contributed by atoms with E-state index in [0.717, 1.165) is 5.56 Å². The smallest absolute Gasteiger partial charge is 0.257 e. The number of rotatable bonds is 6. The number of fused-ring (bicyclic) bond motifs is 1. The van der Waals surface area contributed by atoms with Gasteiger partial charge in [-0.05, 0) is 42.2 Å². The number of pyridine rings is 1. The number of anilines is 2. The van der Waals surface area contributed by atoms with Gasteiger partial charge in [-0.3, -0.25) is 34.1 Å². The molecule has 1 saturated heterocycles. The SMILES string of the molecule is O=C1CCC(N2Cc3c(NC(=O)c4ccc(NC=C5C(=O)CC(c6ccccc6)CC5=O)nc4)cccc3C2=O)C(=O)N1. The minimum atomic E-state index is -0.759. The summed E-state index contributed by atoms with van der Waals surface area (Å²) in [5, 5.41) is 7.98. The highest BCUT2D eigenvalue weighted by Gasteiger charge is 2.40. The Kier molecular flexibility index (Phi) is 7.37. The maximum Gasteiger partial charge on any atom is 0.257 e. The minimum Gasteiger partial charge on any atom is -0.346 e. The molecule has 11 heteroatoms. The van der Waals surface area contributed by atoms with Crippen molar-refractivity contribution in [3.05, 3.63) is 101 Å². The van der Waals surface area contributed by atoms with Crippen molar-refractivity contribution in [3.63, 3.8) is 0 Å². The third-order valence-corrected chi connectivity index (χ3v) is 7.96. The Morgan fingerprint density at radius 2 is 1.70 bits per heavy atom. The van der Waals surface area contributed by atoms with Crippen molar-refractivity contribution >= 4 is 46.7 Å². The zero-order chi connectivity index (χ0) is 30.1. The molecule has 0 spiro atoms. The average molecular weight is 578 g/mol. The third kappa shape index (κ3) is 5.56. The molecule has 11 nitrogen and oxygen atoms in total. The number of ketones is 2. The van der Waals surface area contributed by atoms with Gasteiger partial charge in [0.1, 0.15) is 11.9 Å². The third-order valence-electron chi connectivity index (χ3n) is 7.96. The number of aromatic nitrogens is 1. The predicted octanol–water partition coefficient (Wildman–Crippen LogP) is 3.11. The van der Waals surface area contributed by atoms with Gasteiger partial charge in [0.05, 0.1) is 11.1 Å². The Bertz CT molecular complexity index is 1680. The molecule has 2 fully saturated rings. The molecule has 0 bridgehead atoms. The van der Waals surface area contributed by atoms with Crippen LogP contribution in [-0.2, 0) is 25.7 Å². The second-order valence-electron chi connectivity index (χ2n) is 10.7. The van der Waals surface area contributed by atoms with Crippen LogP contribution in [-0.4, -0.2) is 51.1 Å². The van der Waals surface area contributed by atoms with Crippen LogP contribution in [0.25, 0.3) is 0 Å². The lowest BCUT2D eigenvalue weighted by molar-refractivity contribution is -0.137. The average Bonchev–Trinajstić information content (AvgIpc) is 3.34. The Morgan fingerprint density at radius 3 is 2.40 bits per heavy atom. The number of nitrogens with zero attached hydrogens (tertiary/aromatic N) is 2. The molecule has 4 amide bonds. The number of nitrogens with one attached hydrogen (secondary N) is 3. The molecule has 3 N–H and O–H groups in total. The number of benzene rings is 2. The molecule has 2 aromatic carbocycles. The van der Waals surface area contributed by atoms with Crippen LogP contribution in [0, 0.1) is 0 Å². The van der Waals surface area contributed by atoms with Crippen LogP contribution in [0.1, 0.15) is 63.4 Å². The van der Waals surface area contributed by atoms with Gasteiger partial charge < -0.3 is 15.5 Å². The van der Waals surface area contributed by atoms with Crippen molar-refractivity contribution in [2.45, 2.75) is 44.2 Å². The van der Waals surface area contributed by atoms with Gasteiger partial charge >= 0.3 is 0 Å². The molecule has 3 heterocycles. The van der Waals surface area contributed by atoms with E-state index in [-0.39, 0.29) is 72.7 Å². The lowest BCUT2D eigenvalue weighted by Crippen LogP contribution is -2.52. The molecule has 1 saturated carbocycles. The lowest BCUT2D eigenvalue weighted by atomic mass is 9.80. The van der Waals surface area contributed by atoms with Crippen molar-refractivity contribution < 1.29 is 28.8 Å². The number of carbonyl (C=O) groups is 6. The van der Waals surface area contributed by atoms with E-state index in [9.17, 15) is 28.8 Å². The van der Waals surface area contributed by atoms with Crippen LogP contribution >= 0.6 is 0 Å². The van der Waals surface area contributed by atoms with Gasteiger partial charge in [-0.15, -0.1) is 0 Å². The minimum absolute atomic E-state index is 0.0923. The van der Waals surface area contributed by atoms with Crippen LogP contribution in [0.5, 0.6) is 0 Å². The molecule has 2 aliphatic heterocycles. The first-order valence-corrected chi connectivity index (χ1v) is 13.9. The number of hydrogen-bond donors (Lipinski definition) is 3. The molecular weight excluding hydrogens is 550 g/mol. The molecule has 1 aliphatic carbocycles. The predicted molar refractivity (Wildman–Crippen MR) is 155 cm³/mol. The van der Waals surface area contributed by atoms with Crippen LogP contribution in [0.2, 0.25) is 0 Å². The zero-order valence-corrected chi connectivity index (χ0v) is 23.0. The van der Waals surface area contributed by atoms with Crippen molar-refractivity contribution in [3.8, 4) is 0 Å². The molecule has 3 aromatic rings. The quantitative estimate of drug-likeness (QED) is 0.229. The summed E-state index contributed by atoms with van der Waals surface area (Å²) >= 11 is 0. The molecule has 1 aromatic heterocycles. The molecule has 1 unspecified atom stereocenters. The van der Waals surface area contributed by atoms with Gasteiger partial charge in [-0.1, -0.05) is 36.4 Å². The zero-order valence-electron chi connectivity index (χ0n) is 23.0. The summed E-state index contributed by atoms with van der Waals surface area (Å²) in [4.78, 5) is 81.1. The summed E-state index contributed by atoms with van der Waals surface area (Å²) in [6.45, 7) is 0.121. The normalized spacial score (nSPS) is 20.0. The number of hydrogen-bond acceptors (Lipinski definition) is 8. The molecule has 43 heavy (non-hydrogen) atoms. The fourth-order valence-electron chi connectivity index (χ4n) is 5.67. The molecule has 6 rings (SSSR count). The number of Topliss-reactive ketones (excluding diaryl/α,β-unsaturated/α-hetero) is 2. The van der Waals surface area contributed by atoms with Gasteiger partial charge in [0.25, 0.3) is 11.8 Å². The summed E-state index contributed by atoms with van der Waals surface area (Å²) in [5.74, 6) is -1.93. The van der Waals surface area contributed by atoms with Gasteiger partial charge in [0.15, 0.2) is 11.6 Å². The van der Waals surface area contributed by atoms with E-state index in [4.69, 9.17) is 0 Å². The maximum atomic E-state index is 13.1. The van der Waals surface area contributed by atoms with E-state index in [1.54, 1.807) is 30.3 Å². The number of imide groups is 1. The van der Waals surface area contributed by atoms with E-state index in [1.165, 1.54) is 17.3 Å². The maximum absolute atomic E-state index is 13.1. The highest BCUT2D eigenvalue weighted by Crippen LogP contribution is 2.33. The van der Waals surface area contributed by atoms with E-state index in [1.807, 2.05) is 30.3 Å². The molecular formula is C32H27N5O6. The van der Waals surface area contributed by atoms with E-state index in [2.05, 4.69) is 20.9 Å². The lowest BCUT2D eigenvalue weighted by Gasteiger charge is -2.29. The van der Waals surface area contributed by atoms with Gasteiger partial charge in [-0.2, -0.15) is 0 Å². The summed E-state index contributed by atoms with van der Waals surface area (Å²) in [6, 6.07) is 16.8. The van der Waals surface area contributed by atoms with Crippen LogP contribution < -0.4 is 16.0 Å². The van der Waals surface area contributed by atoms with Crippen molar-refractivity contribution in [2.24, 2.45) is 0 Å². The van der Waals surface area contributed by atoms with Gasteiger partial charge in [0.2, 0.25) is 11.8 Å². The standard InChI is InChI=1S/C32H27N5O6/c38-26-13-20(18-5-2-1-3-6-18)14-27(39)22(26)16-34-28-11-9-19(15-33-28)30(41)35-24-8-4-7-21-23(24)17-37(32(21)43)25-10-12-29(40)36-31(25)42/h1-9,11,15-16,20,25H,10,12-14,17H2,(H,33,34)(H,35,41)(H,36,40,42). The fourth-order valence-corrected chi connectivity index (χ4v) is 5.67. The van der Waals surface area contributed by atoms with E-state index >= 15 is 0 Å². The summed E-state index contributed by atoms with van der Waals surface area (Å²) in [7, 11) is 0. The van der Waals surface area contributed by atoms with Crippen LogP contribution in [0.3, 0.4) is 0 Å². The van der Waals surface area contributed by atoms with Crippen LogP contribution in [0.15, 0.2) is 78.6 Å². The Hall–Kier alpha value is -5.45. The molecule has 0 radical (unpaired) electrons. The molecule has 216 valence electrons. The molecule has 3 aliphatic rings. The summed E-state index contributed by atoms with van der Waals surface area (Å²) in [6.07, 6.45) is 3.61. The first kappa shape index (κ1) is 27.7. The second kappa shape index (κ2) is 11.4. The summed E-state index contributed by atoms with van der Waals surface area (Å²) in [5.41, 5.74) is 2.70. The first-order chi connectivity index (χ1) is 20.8. The Balaban J connectivity index is 1.10. The number of amides is 4. The number of carbonyl (C=O) groups excluding carboxylic acids is 6. The Morgan fingerprint density at radius 1 is 0.930 bits per heavy atom. The van der Waals surface area contributed by atoms with Crippen molar-refractivity contribution in [1.29, 1.82) is 0 Å². The Labute approximate surface area is 246 Å². The number of piperidine rings is 1. The first-order valence-electron chi connectivity index (χ1n) is 13.9. The van der Waals surface area contributed by atoms with E-state index < -0.39 is 17.9 Å². The number of allylic oxidation sites excluding steroid dienone is 1.